The van der Waals surface area contributed by atoms with E-state index in [1.165, 1.54) is 18.2 Å². The molecule has 0 unspecified atom stereocenters. The molecule has 1 saturated heterocycles. The third-order valence-electron chi connectivity index (χ3n) is 8.44. The van der Waals surface area contributed by atoms with Gasteiger partial charge < -0.3 is 23.8 Å². The standard InChI is InChI=1S/C35H37F2N5O5S/c1-18-14-21-26(20-8-9-24(36)29-27(20)23(16-38)30(48-29)39-32(44)46-34(2,3)4)25(37)15-22-28(21)41(18)11-10-19-17-40(12-13-42(19)31(22)43)33(45)47-35(5,6)7/h8-9,14-15,19H,10-13,17H2,1-7H3,(H,39,44)/t19-/m1/s1. The van der Waals surface area contributed by atoms with Gasteiger partial charge in [-0.05, 0) is 78.6 Å². The summed E-state index contributed by atoms with van der Waals surface area (Å²) in [6.07, 6.45) is -0.699. The van der Waals surface area contributed by atoms with E-state index in [2.05, 4.69) is 11.4 Å². The number of piperazine rings is 1. The van der Waals surface area contributed by atoms with Crippen LogP contribution in [0.3, 0.4) is 0 Å². The molecule has 252 valence electrons. The molecule has 0 radical (unpaired) electrons. The second kappa shape index (κ2) is 11.8. The van der Waals surface area contributed by atoms with Crippen LogP contribution in [0.5, 0.6) is 0 Å². The van der Waals surface area contributed by atoms with Gasteiger partial charge in [-0.3, -0.25) is 10.1 Å². The van der Waals surface area contributed by atoms with E-state index in [0.29, 0.717) is 30.4 Å². The minimum absolute atomic E-state index is 0.0222. The monoisotopic (exact) mass is 677 g/mol. The second-order valence-electron chi connectivity index (χ2n) is 14.2. The summed E-state index contributed by atoms with van der Waals surface area (Å²) in [6, 6.07) is 7.41. The zero-order valence-electron chi connectivity index (χ0n) is 27.9. The van der Waals surface area contributed by atoms with Gasteiger partial charge in [-0.15, -0.1) is 11.3 Å². The van der Waals surface area contributed by atoms with E-state index in [-0.39, 0.29) is 62.4 Å². The number of hydrogen-bond donors (Lipinski definition) is 1. The van der Waals surface area contributed by atoms with Gasteiger partial charge in [-0.2, -0.15) is 5.26 Å². The van der Waals surface area contributed by atoms with E-state index in [4.69, 9.17) is 9.47 Å². The predicted octanol–water partition coefficient (Wildman–Crippen LogP) is 7.79. The smallest absolute Gasteiger partial charge is 0.412 e. The molecule has 2 aliphatic rings. The van der Waals surface area contributed by atoms with Crippen molar-refractivity contribution in [3.8, 4) is 17.2 Å². The molecule has 3 amide bonds. The normalized spacial score (nSPS) is 16.8. The number of benzene rings is 2. The van der Waals surface area contributed by atoms with Crippen LogP contribution in [0.15, 0.2) is 24.3 Å². The van der Waals surface area contributed by atoms with Crippen LogP contribution >= 0.6 is 11.3 Å². The van der Waals surface area contributed by atoms with Crippen molar-refractivity contribution in [2.24, 2.45) is 0 Å². The summed E-state index contributed by atoms with van der Waals surface area (Å²) < 4.78 is 44.8. The number of halogens is 2. The molecule has 2 aromatic carbocycles. The summed E-state index contributed by atoms with van der Waals surface area (Å²) in [5.41, 5.74) is 0.413. The highest BCUT2D eigenvalue weighted by molar-refractivity contribution is 7.23. The average Bonchev–Trinajstić information content (AvgIpc) is 3.50. The van der Waals surface area contributed by atoms with Crippen molar-refractivity contribution in [3.05, 3.63) is 52.7 Å². The third kappa shape index (κ3) is 5.94. The first-order chi connectivity index (χ1) is 22.5. The van der Waals surface area contributed by atoms with Crippen molar-refractivity contribution >= 4 is 55.4 Å². The molecule has 4 heterocycles. The molecule has 2 aliphatic heterocycles. The molecule has 1 atom stereocenters. The molecule has 2 aromatic heterocycles. The third-order valence-corrected chi connectivity index (χ3v) is 9.55. The number of fused-ring (bicyclic) bond motifs is 2. The Bertz CT molecular complexity index is 2050. The zero-order chi connectivity index (χ0) is 34.9. The van der Waals surface area contributed by atoms with Gasteiger partial charge in [0.05, 0.1) is 27.4 Å². The largest absolute Gasteiger partial charge is 0.444 e. The van der Waals surface area contributed by atoms with Crippen molar-refractivity contribution in [1.29, 1.82) is 5.26 Å². The van der Waals surface area contributed by atoms with Gasteiger partial charge in [-0.25, -0.2) is 18.4 Å². The number of carbonyl (C=O) groups is 3. The summed E-state index contributed by atoms with van der Waals surface area (Å²) in [4.78, 5) is 42.9. The number of aryl methyl sites for hydroxylation is 2. The molecule has 0 spiro atoms. The van der Waals surface area contributed by atoms with Gasteiger partial charge in [0, 0.05) is 48.2 Å². The lowest BCUT2D eigenvalue weighted by molar-refractivity contribution is 0.00284. The fourth-order valence-electron chi connectivity index (χ4n) is 6.54. The van der Waals surface area contributed by atoms with Gasteiger partial charge >= 0.3 is 12.2 Å². The van der Waals surface area contributed by atoms with E-state index in [1.54, 1.807) is 57.4 Å². The Morgan fingerprint density at radius 3 is 2.38 bits per heavy atom. The Hall–Kier alpha value is -4.70. The Balaban J connectivity index is 1.45. The Morgan fingerprint density at radius 1 is 1.00 bits per heavy atom. The van der Waals surface area contributed by atoms with Crippen molar-refractivity contribution in [2.75, 3.05) is 25.0 Å². The summed E-state index contributed by atoms with van der Waals surface area (Å²) in [5.74, 6) is -1.69. The molecule has 13 heteroatoms. The highest BCUT2D eigenvalue weighted by Gasteiger charge is 2.38. The van der Waals surface area contributed by atoms with Gasteiger partial charge in [0.2, 0.25) is 0 Å². The summed E-state index contributed by atoms with van der Waals surface area (Å²) in [7, 11) is 0. The fraction of sp³-hybridized carbons (Fsp3) is 0.429. The molecule has 6 rings (SSSR count). The van der Waals surface area contributed by atoms with Crippen LogP contribution in [0.2, 0.25) is 0 Å². The quantitative estimate of drug-likeness (QED) is 0.232. The number of hydrogen-bond acceptors (Lipinski definition) is 7. The molecule has 0 aliphatic carbocycles. The topological polar surface area (TPSA) is 117 Å². The number of rotatable bonds is 2. The maximum absolute atomic E-state index is 16.5. The molecule has 0 bridgehead atoms. The van der Waals surface area contributed by atoms with Crippen LogP contribution in [0.4, 0.5) is 23.4 Å². The van der Waals surface area contributed by atoms with E-state index >= 15 is 8.78 Å². The number of nitriles is 1. The van der Waals surface area contributed by atoms with Crippen LogP contribution in [-0.4, -0.2) is 69.3 Å². The van der Waals surface area contributed by atoms with Crippen LogP contribution < -0.4 is 5.32 Å². The lowest BCUT2D eigenvalue weighted by atomic mass is 9.93. The van der Waals surface area contributed by atoms with E-state index in [0.717, 1.165) is 17.0 Å². The number of nitrogens with zero attached hydrogens (tertiary/aromatic N) is 4. The molecule has 1 N–H and O–H groups in total. The minimum atomic E-state index is -0.809. The number of carbonyl (C=O) groups excluding carboxylic acids is 3. The number of amides is 3. The molecular weight excluding hydrogens is 640 g/mol. The minimum Gasteiger partial charge on any atom is -0.444 e. The van der Waals surface area contributed by atoms with E-state index < -0.39 is 35.0 Å². The molecule has 48 heavy (non-hydrogen) atoms. The predicted molar refractivity (Wildman–Crippen MR) is 179 cm³/mol. The number of thiophene rings is 1. The van der Waals surface area contributed by atoms with Crippen molar-refractivity contribution < 1.29 is 32.6 Å². The summed E-state index contributed by atoms with van der Waals surface area (Å²) in [6.45, 7) is 13.7. The maximum Gasteiger partial charge on any atom is 0.412 e. The van der Waals surface area contributed by atoms with Gasteiger partial charge in [0.25, 0.3) is 5.91 Å². The lowest BCUT2D eigenvalue weighted by Crippen LogP contribution is -2.57. The Kier molecular flexibility index (Phi) is 8.14. The number of aromatic nitrogens is 1. The summed E-state index contributed by atoms with van der Waals surface area (Å²) >= 11 is 0.866. The van der Waals surface area contributed by atoms with E-state index in [1.807, 2.05) is 11.5 Å². The van der Waals surface area contributed by atoms with Crippen molar-refractivity contribution in [3.63, 3.8) is 0 Å². The number of nitrogens with one attached hydrogen (secondary N) is 1. The molecular formula is C35H37F2N5O5S. The van der Waals surface area contributed by atoms with Crippen LogP contribution in [0.1, 0.15) is 69.6 Å². The van der Waals surface area contributed by atoms with Gasteiger partial charge in [0.15, 0.2) is 0 Å². The highest BCUT2D eigenvalue weighted by atomic mass is 32.1. The lowest BCUT2D eigenvalue weighted by Gasteiger charge is -2.42. The van der Waals surface area contributed by atoms with Crippen LogP contribution in [-0.2, 0) is 16.0 Å². The van der Waals surface area contributed by atoms with Crippen LogP contribution in [0.25, 0.3) is 32.1 Å². The maximum atomic E-state index is 16.5. The number of ether oxygens (including phenoxy) is 2. The SMILES string of the molecule is Cc1cc2c(-c3ccc(F)c4sc(NC(=O)OC(C)(C)C)c(C#N)c34)c(F)cc3c2n1CC[C@@H]1CN(C(=O)OC(C)(C)C)CCN1C3=O. The molecule has 1 fully saturated rings. The summed E-state index contributed by atoms with van der Waals surface area (Å²) in [5, 5.41) is 13.5. The first-order valence-corrected chi connectivity index (χ1v) is 16.6. The van der Waals surface area contributed by atoms with Crippen LogP contribution in [0, 0.1) is 29.9 Å². The Labute approximate surface area is 280 Å². The average molecular weight is 678 g/mol. The van der Waals surface area contributed by atoms with Gasteiger partial charge in [-0.1, -0.05) is 6.07 Å². The second-order valence-corrected chi connectivity index (χ2v) is 15.2. The van der Waals surface area contributed by atoms with Gasteiger partial charge in [0.1, 0.15) is 33.9 Å². The first kappa shape index (κ1) is 33.2. The van der Waals surface area contributed by atoms with Crippen molar-refractivity contribution in [2.45, 2.75) is 78.7 Å². The number of anilines is 1. The Morgan fingerprint density at radius 2 is 1.71 bits per heavy atom. The first-order valence-electron chi connectivity index (χ1n) is 15.7. The zero-order valence-corrected chi connectivity index (χ0v) is 28.7. The van der Waals surface area contributed by atoms with E-state index in [9.17, 15) is 19.6 Å². The highest BCUT2D eigenvalue weighted by Crippen LogP contribution is 2.46. The molecule has 4 aromatic rings. The fourth-order valence-corrected chi connectivity index (χ4v) is 7.61. The molecule has 10 nitrogen and oxygen atoms in total. The molecule has 0 saturated carbocycles. The van der Waals surface area contributed by atoms with Crippen molar-refractivity contribution in [1.82, 2.24) is 14.4 Å².